The predicted molar refractivity (Wildman–Crippen MR) is 106 cm³/mol. The molecule has 1 fully saturated rings. The third-order valence-corrected chi connectivity index (χ3v) is 6.64. The zero-order chi connectivity index (χ0) is 18.6. The highest BCUT2D eigenvalue weighted by Gasteiger charge is 2.18. The van der Waals surface area contributed by atoms with Crippen LogP contribution in [0.2, 0.25) is 10.0 Å². The first-order valence-corrected chi connectivity index (χ1v) is 10.9. The highest BCUT2D eigenvalue weighted by Crippen LogP contribution is 2.25. The largest absolute Gasteiger partial charge is 0.299 e. The zero-order valence-corrected chi connectivity index (χ0v) is 16.7. The average Bonchev–Trinajstić information content (AvgIpc) is 2.64. The summed E-state index contributed by atoms with van der Waals surface area (Å²) in [5.41, 5.74) is 2.14. The van der Waals surface area contributed by atoms with Crippen LogP contribution in [0.3, 0.4) is 0 Å². The van der Waals surface area contributed by atoms with E-state index in [9.17, 15) is 8.42 Å². The number of hydrogen-bond donors (Lipinski definition) is 1. The van der Waals surface area contributed by atoms with E-state index >= 15 is 0 Å². The van der Waals surface area contributed by atoms with E-state index in [1.165, 1.54) is 37.0 Å². The Bertz CT molecular complexity index is 848. The van der Waals surface area contributed by atoms with Gasteiger partial charge in [-0.1, -0.05) is 53.9 Å². The molecule has 0 saturated carbocycles. The maximum atomic E-state index is 12.4. The van der Waals surface area contributed by atoms with E-state index in [4.69, 9.17) is 23.2 Å². The van der Waals surface area contributed by atoms with E-state index in [1.807, 2.05) is 12.1 Å². The van der Waals surface area contributed by atoms with Crippen molar-refractivity contribution >= 4 is 33.2 Å². The molecule has 0 atom stereocenters. The van der Waals surface area contributed by atoms with Crippen LogP contribution in [0.1, 0.15) is 30.4 Å². The number of halogens is 2. The number of rotatable bonds is 6. The minimum absolute atomic E-state index is 0.00612. The Hall–Kier alpha value is -1.11. The van der Waals surface area contributed by atoms with Crippen molar-refractivity contribution in [1.29, 1.82) is 0 Å². The third kappa shape index (κ3) is 5.21. The topological polar surface area (TPSA) is 49.4 Å². The van der Waals surface area contributed by atoms with Crippen LogP contribution in [0.4, 0.5) is 0 Å². The summed E-state index contributed by atoms with van der Waals surface area (Å²) in [6.07, 6.45) is 3.87. The van der Waals surface area contributed by atoms with Gasteiger partial charge < -0.3 is 0 Å². The molecular weight excluding hydrogens is 391 g/mol. The smallest absolute Gasteiger partial charge is 0.242 e. The fourth-order valence-corrected chi connectivity index (χ4v) is 4.86. The van der Waals surface area contributed by atoms with Crippen molar-refractivity contribution in [3.05, 3.63) is 63.6 Å². The van der Waals surface area contributed by atoms with Crippen molar-refractivity contribution in [1.82, 2.24) is 9.62 Å². The molecule has 4 nitrogen and oxygen atoms in total. The third-order valence-electron chi connectivity index (χ3n) is 4.53. The van der Waals surface area contributed by atoms with E-state index in [-0.39, 0.29) is 16.5 Å². The quantitative estimate of drug-likeness (QED) is 0.761. The normalized spacial score (nSPS) is 15.9. The Morgan fingerprint density at radius 3 is 2.27 bits per heavy atom. The van der Waals surface area contributed by atoms with Crippen molar-refractivity contribution in [2.45, 2.75) is 37.2 Å². The minimum atomic E-state index is -3.72. The molecule has 0 spiro atoms. The predicted octanol–water partition coefficient (Wildman–Crippen LogP) is 4.46. The van der Waals surface area contributed by atoms with Crippen molar-refractivity contribution in [2.75, 3.05) is 13.1 Å². The fourth-order valence-electron chi connectivity index (χ4n) is 3.08. The van der Waals surface area contributed by atoms with Gasteiger partial charge in [-0.05, 0) is 55.3 Å². The van der Waals surface area contributed by atoms with Crippen molar-refractivity contribution in [2.24, 2.45) is 0 Å². The summed E-state index contributed by atoms with van der Waals surface area (Å²) in [5, 5.41) is 0.482. The van der Waals surface area contributed by atoms with Crippen LogP contribution >= 0.6 is 23.2 Å². The van der Waals surface area contributed by atoms with Gasteiger partial charge in [-0.2, -0.15) is 0 Å². The van der Waals surface area contributed by atoms with Gasteiger partial charge in [0.15, 0.2) is 0 Å². The molecule has 0 radical (unpaired) electrons. The summed E-state index contributed by atoms with van der Waals surface area (Å²) in [6, 6.07) is 12.4. The number of sulfonamides is 1. The summed E-state index contributed by atoms with van der Waals surface area (Å²) in [7, 11) is -3.72. The SMILES string of the molecule is O=S(=O)(NCc1ccc(CN2CCCCC2)cc1)c1cc(Cl)ccc1Cl. The fraction of sp³-hybridized carbons (Fsp3) is 0.368. The number of nitrogens with one attached hydrogen (secondary N) is 1. The number of nitrogens with zero attached hydrogens (tertiary/aromatic N) is 1. The lowest BCUT2D eigenvalue weighted by molar-refractivity contribution is 0.221. The maximum Gasteiger partial charge on any atom is 0.242 e. The lowest BCUT2D eigenvalue weighted by Crippen LogP contribution is -2.29. The Morgan fingerprint density at radius 1 is 0.923 bits per heavy atom. The second kappa shape index (κ2) is 8.72. The molecule has 0 bridgehead atoms. The van der Waals surface area contributed by atoms with Crippen molar-refractivity contribution < 1.29 is 8.42 Å². The van der Waals surface area contributed by atoms with Gasteiger partial charge in [0.2, 0.25) is 10.0 Å². The first-order valence-electron chi connectivity index (χ1n) is 8.69. The number of piperidine rings is 1. The van der Waals surface area contributed by atoms with Crippen LogP contribution in [0.5, 0.6) is 0 Å². The Kier molecular flexibility index (Phi) is 6.59. The van der Waals surface area contributed by atoms with Crippen LogP contribution in [0.15, 0.2) is 47.4 Å². The second-order valence-corrected chi connectivity index (χ2v) is 9.13. The van der Waals surface area contributed by atoms with E-state index in [0.717, 1.165) is 25.2 Å². The van der Waals surface area contributed by atoms with Crippen LogP contribution in [0.25, 0.3) is 0 Å². The molecule has 0 unspecified atom stereocenters. The molecule has 26 heavy (non-hydrogen) atoms. The maximum absolute atomic E-state index is 12.4. The number of hydrogen-bond acceptors (Lipinski definition) is 3. The molecular formula is C19H22Cl2N2O2S. The highest BCUT2D eigenvalue weighted by atomic mass is 35.5. The molecule has 0 aromatic heterocycles. The molecule has 2 aromatic rings. The highest BCUT2D eigenvalue weighted by molar-refractivity contribution is 7.89. The molecule has 140 valence electrons. The second-order valence-electron chi connectivity index (χ2n) is 6.55. The van der Waals surface area contributed by atoms with Gasteiger partial charge in [-0.3, -0.25) is 4.90 Å². The molecule has 3 rings (SSSR count). The molecule has 0 amide bonds. The van der Waals surface area contributed by atoms with Crippen LogP contribution in [0, 0.1) is 0 Å². The van der Waals surface area contributed by atoms with Gasteiger partial charge in [-0.25, -0.2) is 13.1 Å². The van der Waals surface area contributed by atoms with Crippen LogP contribution < -0.4 is 4.72 Å². The van der Waals surface area contributed by atoms with Gasteiger partial charge in [-0.15, -0.1) is 0 Å². The van der Waals surface area contributed by atoms with Crippen molar-refractivity contribution in [3.63, 3.8) is 0 Å². The van der Waals surface area contributed by atoms with Gasteiger partial charge in [0.05, 0.1) is 5.02 Å². The molecule has 1 saturated heterocycles. The molecule has 7 heteroatoms. The molecule has 2 aromatic carbocycles. The number of benzene rings is 2. The number of likely N-dealkylation sites (tertiary alicyclic amines) is 1. The minimum Gasteiger partial charge on any atom is -0.299 e. The molecule has 1 aliphatic rings. The van der Waals surface area contributed by atoms with E-state index < -0.39 is 10.0 Å². The Labute approximate surface area is 165 Å². The van der Waals surface area contributed by atoms with Gasteiger partial charge in [0, 0.05) is 18.1 Å². The lowest BCUT2D eigenvalue weighted by atomic mass is 10.1. The molecule has 1 N–H and O–H groups in total. The average molecular weight is 413 g/mol. The van der Waals surface area contributed by atoms with E-state index in [0.29, 0.717) is 5.02 Å². The zero-order valence-electron chi connectivity index (χ0n) is 14.4. The van der Waals surface area contributed by atoms with E-state index in [2.05, 4.69) is 21.8 Å². The first kappa shape index (κ1) is 19.6. The summed E-state index contributed by atoms with van der Waals surface area (Å²) in [4.78, 5) is 2.45. The van der Waals surface area contributed by atoms with E-state index in [1.54, 1.807) is 6.07 Å². The molecule has 1 heterocycles. The van der Waals surface area contributed by atoms with Gasteiger partial charge >= 0.3 is 0 Å². The molecule has 1 aliphatic heterocycles. The molecule has 0 aliphatic carbocycles. The van der Waals surface area contributed by atoms with Gasteiger partial charge in [0.1, 0.15) is 4.90 Å². The first-order chi connectivity index (χ1) is 12.4. The van der Waals surface area contributed by atoms with Crippen molar-refractivity contribution in [3.8, 4) is 0 Å². The lowest BCUT2D eigenvalue weighted by Gasteiger charge is -2.26. The monoisotopic (exact) mass is 412 g/mol. The summed E-state index contributed by atoms with van der Waals surface area (Å²) in [5.74, 6) is 0. The Balaban J connectivity index is 1.61. The summed E-state index contributed by atoms with van der Waals surface area (Å²) >= 11 is 11.9. The summed E-state index contributed by atoms with van der Waals surface area (Å²) in [6.45, 7) is 3.46. The summed E-state index contributed by atoms with van der Waals surface area (Å²) < 4.78 is 27.5. The van der Waals surface area contributed by atoms with Crippen LogP contribution in [-0.4, -0.2) is 26.4 Å². The van der Waals surface area contributed by atoms with Gasteiger partial charge in [0.25, 0.3) is 0 Å². The standard InChI is InChI=1S/C19H22Cl2N2O2S/c20-17-8-9-18(21)19(12-17)26(24,25)22-13-15-4-6-16(7-5-15)14-23-10-2-1-3-11-23/h4-9,12,22H,1-3,10-11,13-14H2. The Morgan fingerprint density at radius 2 is 1.58 bits per heavy atom. The van der Waals surface area contributed by atoms with Crippen LogP contribution in [-0.2, 0) is 23.1 Å².